The van der Waals surface area contributed by atoms with Crippen molar-refractivity contribution in [2.45, 2.75) is 78.6 Å². The number of hydrogen-bond donors (Lipinski definition) is 1. The van der Waals surface area contributed by atoms with Crippen LogP contribution in [0.5, 0.6) is 5.75 Å². The fourth-order valence-electron chi connectivity index (χ4n) is 5.47. The molecule has 0 bridgehead atoms. The predicted octanol–water partition coefficient (Wildman–Crippen LogP) is 5.48. The summed E-state index contributed by atoms with van der Waals surface area (Å²) in [6.45, 7) is 10.6. The third kappa shape index (κ3) is 4.87. The summed E-state index contributed by atoms with van der Waals surface area (Å²) < 4.78 is 6.19. The largest absolute Gasteiger partial charge is 0.493 e. The van der Waals surface area contributed by atoms with Crippen molar-refractivity contribution in [3.63, 3.8) is 0 Å². The lowest BCUT2D eigenvalue weighted by Gasteiger charge is -2.41. The lowest BCUT2D eigenvalue weighted by Crippen LogP contribution is -2.43. The van der Waals surface area contributed by atoms with Gasteiger partial charge in [0.2, 0.25) is 0 Å². The molecule has 0 radical (unpaired) electrons. The Balaban J connectivity index is 1.82. The number of benzene rings is 1. The van der Waals surface area contributed by atoms with Crippen LogP contribution in [0.25, 0.3) is 0 Å². The number of carbonyl (C=O) groups is 2. The number of unbranched alkanes of at least 4 members (excludes halogenated alkanes) is 1. The molecule has 4 rings (SSSR count). The van der Waals surface area contributed by atoms with Crippen LogP contribution < -0.4 is 10.1 Å². The van der Waals surface area contributed by atoms with Gasteiger partial charge in [-0.15, -0.1) is 0 Å². The predicted molar refractivity (Wildman–Crippen MR) is 131 cm³/mol. The number of rotatable bonds is 6. The zero-order chi connectivity index (χ0) is 23.6. The lowest BCUT2D eigenvalue weighted by atomic mass is 9.68. The van der Waals surface area contributed by atoms with Crippen LogP contribution in [0.4, 0.5) is 0 Å². The third-order valence-electron chi connectivity index (χ3n) is 7.10. The molecule has 33 heavy (non-hydrogen) atoms. The first-order valence-corrected chi connectivity index (χ1v) is 12.6. The first-order chi connectivity index (χ1) is 15.8. The van der Waals surface area contributed by atoms with Crippen LogP contribution in [0, 0.1) is 5.41 Å². The summed E-state index contributed by atoms with van der Waals surface area (Å²) >= 11 is 0. The van der Waals surface area contributed by atoms with Crippen molar-refractivity contribution in [2.75, 3.05) is 19.7 Å². The number of allylic oxidation sites excluding steroid dienone is 3. The van der Waals surface area contributed by atoms with Gasteiger partial charge in [0, 0.05) is 47.6 Å². The summed E-state index contributed by atoms with van der Waals surface area (Å²) in [5.74, 6) is 0.576. The van der Waals surface area contributed by atoms with Crippen LogP contribution in [0.15, 0.2) is 46.8 Å². The maximum absolute atomic E-state index is 13.9. The summed E-state index contributed by atoms with van der Waals surface area (Å²) in [6, 6.07) is 7.96. The fraction of sp³-hybridized carbons (Fsp3) is 0.571. The molecule has 0 spiro atoms. The van der Waals surface area contributed by atoms with E-state index in [9.17, 15) is 9.59 Å². The SMILES string of the molecule is CCCCOc1ccccc1[C@H]1C(C(=O)N2CCCCC2)=C(C)NC2=C1C(=O)CC(C)(C)C2. The molecule has 1 amide bonds. The molecule has 0 saturated carbocycles. The van der Waals surface area contributed by atoms with Crippen LogP contribution in [0.1, 0.15) is 84.1 Å². The van der Waals surface area contributed by atoms with Gasteiger partial charge < -0.3 is 15.0 Å². The van der Waals surface area contributed by atoms with Gasteiger partial charge in [-0.25, -0.2) is 0 Å². The molecule has 1 aromatic rings. The molecule has 1 aromatic carbocycles. The van der Waals surface area contributed by atoms with Gasteiger partial charge in [0.05, 0.1) is 12.5 Å². The zero-order valence-corrected chi connectivity index (χ0v) is 20.6. The Kier molecular flexibility index (Phi) is 6.96. The Morgan fingerprint density at radius 2 is 1.88 bits per heavy atom. The van der Waals surface area contributed by atoms with E-state index >= 15 is 0 Å². The summed E-state index contributed by atoms with van der Waals surface area (Å²) in [6.07, 6.45) is 6.55. The second kappa shape index (κ2) is 9.74. The molecule has 5 nitrogen and oxygen atoms in total. The Morgan fingerprint density at radius 1 is 1.15 bits per heavy atom. The van der Waals surface area contributed by atoms with Crippen molar-refractivity contribution in [1.82, 2.24) is 10.2 Å². The Hall–Kier alpha value is -2.56. The van der Waals surface area contributed by atoms with Crippen molar-refractivity contribution in [3.05, 3.63) is 52.4 Å². The Labute approximate surface area is 198 Å². The number of nitrogens with one attached hydrogen (secondary N) is 1. The molecule has 0 unspecified atom stereocenters. The van der Waals surface area contributed by atoms with Crippen molar-refractivity contribution >= 4 is 11.7 Å². The quantitative estimate of drug-likeness (QED) is 0.583. The normalized spacial score (nSPS) is 22.7. The van der Waals surface area contributed by atoms with Gasteiger partial charge >= 0.3 is 0 Å². The second-order valence-electron chi connectivity index (χ2n) is 10.5. The van der Waals surface area contributed by atoms with E-state index < -0.39 is 5.92 Å². The average Bonchev–Trinajstić information content (AvgIpc) is 2.78. The van der Waals surface area contributed by atoms with Crippen LogP contribution in [0.2, 0.25) is 0 Å². The van der Waals surface area contributed by atoms with Crippen molar-refractivity contribution in [2.24, 2.45) is 5.41 Å². The van der Waals surface area contributed by atoms with Gasteiger partial charge in [-0.1, -0.05) is 45.4 Å². The summed E-state index contributed by atoms with van der Waals surface area (Å²) in [5, 5.41) is 3.50. The molecule has 1 atom stereocenters. The number of ether oxygens (including phenoxy) is 1. The first-order valence-electron chi connectivity index (χ1n) is 12.6. The second-order valence-corrected chi connectivity index (χ2v) is 10.5. The van der Waals surface area contributed by atoms with E-state index in [2.05, 4.69) is 26.1 Å². The molecular weight excluding hydrogens is 412 g/mol. The van der Waals surface area contributed by atoms with E-state index in [0.717, 1.165) is 73.5 Å². The van der Waals surface area contributed by atoms with Crippen molar-refractivity contribution in [1.29, 1.82) is 0 Å². The average molecular weight is 451 g/mol. The number of amides is 1. The van der Waals surface area contributed by atoms with Crippen molar-refractivity contribution < 1.29 is 14.3 Å². The van der Waals surface area contributed by atoms with E-state index in [0.29, 0.717) is 18.6 Å². The highest BCUT2D eigenvalue weighted by atomic mass is 16.5. The number of carbonyl (C=O) groups excluding carboxylic acids is 2. The highest BCUT2D eigenvalue weighted by molar-refractivity contribution is 6.05. The van der Waals surface area contributed by atoms with Crippen molar-refractivity contribution in [3.8, 4) is 5.75 Å². The molecule has 5 heteroatoms. The summed E-state index contributed by atoms with van der Waals surface area (Å²) in [5.41, 5.74) is 4.12. The van der Waals surface area contributed by atoms with E-state index in [1.165, 1.54) is 6.42 Å². The Bertz CT molecular complexity index is 983. The molecule has 178 valence electrons. The number of nitrogens with zero attached hydrogens (tertiary/aromatic N) is 1. The smallest absolute Gasteiger partial charge is 0.252 e. The molecule has 3 aliphatic rings. The number of Topliss-reactive ketones (excluding diaryl/α,β-unsaturated/α-hetero) is 1. The lowest BCUT2D eigenvalue weighted by molar-refractivity contribution is -0.128. The van der Waals surface area contributed by atoms with Gasteiger partial charge in [0.1, 0.15) is 5.75 Å². The van der Waals surface area contributed by atoms with Gasteiger partial charge in [-0.05, 0) is 50.5 Å². The van der Waals surface area contributed by atoms with Crippen LogP contribution in [-0.2, 0) is 9.59 Å². The minimum absolute atomic E-state index is 0.0530. The molecule has 1 N–H and O–H groups in total. The van der Waals surface area contributed by atoms with Crippen LogP contribution >= 0.6 is 0 Å². The third-order valence-corrected chi connectivity index (χ3v) is 7.10. The monoisotopic (exact) mass is 450 g/mol. The minimum Gasteiger partial charge on any atom is -0.493 e. The summed E-state index contributed by atoms with van der Waals surface area (Å²) in [4.78, 5) is 29.4. The number of dihydropyridines is 1. The molecule has 1 saturated heterocycles. The molecule has 1 aliphatic carbocycles. The van der Waals surface area contributed by atoms with Crippen LogP contribution in [0.3, 0.4) is 0 Å². The number of likely N-dealkylation sites (tertiary alicyclic amines) is 1. The highest BCUT2D eigenvalue weighted by Crippen LogP contribution is 2.48. The van der Waals surface area contributed by atoms with Gasteiger partial charge in [0.25, 0.3) is 5.91 Å². The molecule has 2 heterocycles. The number of para-hydroxylation sites is 1. The Morgan fingerprint density at radius 3 is 2.61 bits per heavy atom. The molecule has 2 aliphatic heterocycles. The van der Waals surface area contributed by atoms with E-state index in [1.54, 1.807) is 0 Å². The molecule has 0 aromatic heterocycles. The van der Waals surface area contributed by atoms with Gasteiger partial charge in [0.15, 0.2) is 5.78 Å². The summed E-state index contributed by atoms with van der Waals surface area (Å²) in [7, 11) is 0. The van der Waals surface area contributed by atoms with Gasteiger partial charge in [-0.2, -0.15) is 0 Å². The zero-order valence-electron chi connectivity index (χ0n) is 20.6. The molecular formula is C28H38N2O3. The maximum atomic E-state index is 13.9. The first kappa shape index (κ1) is 23.6. The maximum Gasteiger partial charge on any atom is 0.252 e. The van der Waals surface area contributed by atoms with E-state index in [4.69, 9.17) is 4.74 Å². The van der Waals surface area contributed by atoms with Gasteiger partial charge in [-0.3, -0.25) is 9.59 Å². The van der Waals surface area contributed by atoms with Crippen LogP contribution in [-0.4, -0.2) is 36.3 Å². The topological polar surface area (TPSA) is 58.6 Å². The number of ketones is 1. The highest BCUT2D eigenvalue weighted by Gasteiger charge is 2.44. The van der Waals surface area contributed by atoms with E-state index in [1.807, 2.05) is 36.1 Å². The standard InChI is InChI=1S/C28H38N2O3/c1-5-6-16-33-23-13-9-8-12-20(23)25-24(27(32)30-14-10-7-11-15-30)19(2)29-21-17-28(3,4)18-22(31)26(21)25/h8-9,12-13,25,29H,5-7,10-11,14-18H2,1-4H3/t25-/m0/s1. The number of piperidine rings is 1. The molecule has 1 fully saturated rings. The number of hydrogen-bond acceptors (Lipinski definition) is 4. The minimum atomic E-state index is -0.392. The van der Waals surface area contributed by atoms with E-state index in [-0.39, 0.29) is 17.1 Å². The fourth-order valence-corrected chi connectivity index (χ4v) is 5.47.